The molecule has 144 valence electrons. The number of nitrogens with one attached hydrogen (secondary N) is 1. The molecule has 0 aliphatic heterocycles. The van der Waals surface area contributed by atoms with Crippen LogP contribution in [0.15, 0.2) is 71.7 Å². The van der Waals surface area contributed by atoms with E-state index in [1.54, 1.807) is 24.3 Å². The number of amides is 1. The number of aromatic nitrogens is 2. The van der Waals surface area contributed by atoms with Gasteiger partial charge in [-0.1, -0.05) is 12.1 Å². The molecule has 2 heterocycles. The van der Waals surface area contributed by atoms with Crippen molar-refractivity contribution in [2.24, 2.45) is 0 Å². The van der Waals surface area contributed by atoms with Gasteiger partial charge in [0.25, 0.3) is 11.5 Å². The highest BCUT2D eigenvalue weighted by atomic mass is 19.1. The van der Waals surface area contributed by atoms with Gasteiger partial charge in [-0.2, -0.15) is 10.2 Å². The highest BCUT2D eigenvalue weighted by Gasteiger charge is 2.17. The molecule has 0 bridgehead atoms. The normalized spacial score (nSPS) is 11.0. The molecule has 2 aromatic heterocycles. The zero-order valence-electron chi connectivity index (χ0n) is 15.1. The summed E-state index contributed by atoms with van der Waals surface area (Å²) in [5.41, 5.74) is -0.618. The van der Waals surface area contributed by atoms with Crippen molar-refractivity contribution < 1.29 is 13.9 Å². The molecule has 8 heteroatoms. The highest BCUT2D eigenvalue weighted by molar-refractivity contribution is 6.02. The summed E-state index contributed by atoms with van der Waals surface area (Å²) in [6, 6.07) is 11.9. The maximum Gasteiger partial charge on any atom is 0.269 e. The minimum Gasteiger partial charge on any atom is -0.438 e. The minimum absolute atomic E-state index is 0.0941. The molecule has 0 atom stereocenters. The highest BCUT2D eigenvalue weighted by Crippen LogP contribution is 2.24. The number of hydrogen-bond acceptors (Lipinski definition) is 5. The van der Waals surface area contributed by atoms with Crippen LogP contribution < -0.4 is 15.6 Å². The first-order chi connectivity index (χ1) is 14.0. The number of rotatable bonds is 6. The number of pyridine rings is 1. The lowest BCUT2D eigenvalue weighted by Gasteiger charge is -2.10. The van der Waals surface area contributed by atoms with E-state index in [1.807, 2.05) is 0 Å². The second-order valence-electron chi connectivity index (χ2n) is 5.79. The first-order valence-electron chi connectivity index (χ1n) is 8.49. The number of nitriles is 1. The van der Waals surface area contributed by atoms with Crippen molar-refractivity contribution in [1.82, 2.24) is 14.7 Å². The van der Waals surface area contributed by atoms with Crippen LogP contribution in [-0.4, -0.2) is 21.8 Å². The number of fused-ring (bicyclic) bond motifs is 1. The molecule has 1 amide bonds. The average Bonchev–Trinajstić information content (AvgIpc) is 2.73. The third-order valence-corrected chi connectivity index (χ3v) is 3.82. The average molecular weight is 390 g/mol. The molecule has 3 aromatic rings. The third kappa shape index (κ3) is 4.36. The number of hydrogen-bond donors (Lipinski definition) is 1. The first-order valence-corrected chi connectivity index (χ1v) is 8.49. The number of carbonyl (C=O) groups is 1. The molecule has 0 saturated carbocycles. The summed E-state index contributed by atoms with van der Waals surface area (Å²) in [6.45, 7) is 3.65. The van der Waals surface area contributed by atoms with Gasteiger partial charge < -0.3 is 10.1 Å². The van der Waals surface area contributed by atoms with Gasteiger partial charge in [-0.05, 0) is 42.5 Å². The SMILES string of the molecule is C=CCNC(=O)C(C#N)=Cc1c(Oc2ccc(F)cc2)nc2ccccn2c1=O. The zero-order valence-corrected chi connectivity index (χ0v) is 15.1. The van der Waals surface area contributed by atoms with E-state index in [0.29, 0.717) is 5.65 Å². The van der Waals surface area contributed by atoms with E-state index in [2.05, 4.69) is 16.9 Å². The quantitative estimate of drug-likeness (QED) is 0.397. The molecule has 1 N–H and O–H groups in total. The molecule has 0 fully saturated rings. The van der Waals surface area contributed by atoms with Gasteiger partial charge in [-0.15, -0.1) is 6.58 Å². The predicted octanol–water partition coefficient (Wildman–Crippen LogP) is 2.84. The third-order valence-electron chi connectivity index (χ3n) is 3.82. The lowest BCUT2D eigenvalue weighted by atomic mass is 10.1. The summed E-state index contributed by atoms with van der Waals surface area (Å²) < 4.78 is 20.1. The van der Waals surface area contributed by atoms with Gasteiger partial charge in [-0.3, -0.25) is 14.0 Å². The summed E-state index contributed by atoms with van der Waals surface area (Å²) in [5.74, 6) is -0.993. The maximum atomic E-state index is 13.2. The van der Waals surface area contributed by atoms with Gasteiger partial charge in [0.15, 0.2) is 0 Å². The Balaban J connectivity index is 2.16. The van der Waals surface area contributed by atoms with E-state index >= 15 is 0 Å². The summed E-state index contributed by atoms with van der Waals surface area (Å²) in [6.07, 6.45) is 4.09. The molecule has 0 spiro atoms. The van der Waals surface area contributed by atoms with E-state index < -0.39 is 17.3 Å². The summed E-state index contributed by atoms with van der Waals surface area (Å²) in [5, 5.41) is 11.8. The van der Waals surface area contributed by atoms with Gasteiger partial charge in [0.05, 0.1) is 0 Å². The smallest absolute Gasteiger partial charge is 0.269 e. The molecule has 0 radical (unpaired) electrons. The molecule has 3 rings (SSSR count). The van der Waals surface area contributed by atoms with Crippen molar-refractivity contribution in [3.63, 3.8) is 0 Å². The Hall–Kier alpha value is -4.25. The van der Waals surface area contributed by atoms with Crippen LogP contribution in [0.3, 0.4) is 0 Å². The molecular weight excluding hydrogens is 375 g/mol. The minimum atomic E-state index is -0.669. The number of halogens is 1. The van der Waals surface area contributed by atoms with Gasteiger partial charge in [0, 0.05) is 12.7 Å². The van der Waals surface area contributed by atoms with E-state index in [9.17, 15) is 19.2 Å². The molecule has 29 heavy (non-hydrogen) atoms. The Morgan fingerprint density at radius 1 is 1.31 bits per heavy atom. The first kappa shape index (κ1) is 19.5. The van der Waals surface area contributed by atoms with Crippen LogP contribution in [0.25, 0.3) is 11.7 Å². The summed E-state index contributed by atoms with van der Waals surface area (Å²) >= 11 is 0. The molecule has 0 aliphatic rings. The Morgan fingerprint density at radius 2 is 2.07 bits per heavy atom. The zero-order chi connectivity index (χ0) is 20.8. The van der Waals surface area contributed by atoms with E-state index in [4.69, 9.17) is 4.74 Å². The van der Waals surface area contributed by atoms with Crippen molar-refractivity contribution in [2.45, 2.75) is 0 Å². The lowest BCUT2D eigenvalue weighted by Crippen LogP contribution is -2.25. The molecule has 0 saturated heterocycles. The maximum absolute atomic E-state index is 13.2. The van der Waals surface area contributed by atoms with Crippen molar-refractivity contribution in [3.05, 3.63) is 88.6 Å². The number of benzene rings is 1. The van der Waals surface area contributed by atoms with Crippen molar-refractivity contribution in [2.75, 3.05) is 6.54 Å². The predicted molar refractivity (Wildman–Crippen MR) is 105 cm³/mol. The standard InChI is InChI=1S/C21H15FN4O3/c1-2-10-24-19(27)14(13-23)12-17-20(29-16-8-6-15(22)7-9-16)25-18-5-3-4-11-26(18)21(17)28/h2-9,11-12H,1,10H2,(H,24,27). The number of ether oxygens (including phenoxy) is 1. The van der Waals surface area contributed by atoms with Gasteiger partial charge >= 0.3 is 0 Å². The fraction of sp³-hybridized carbons (Fsp3) is 0.0476. The number of nitrogens with zero attached hydrogens (tertiary/aromatic N) is 3. The lowest BCUT2D eigenvalue weighted by molar-refractivity contribution is -0.116. The molecular formula is C21H15FN4O3. The van der Waals surface area contributed by atoms with E-state index in [1.165, 1.54) is 40.9 Å². The van der Waals surface area contributed by atoms with Gasteiger partial charge in [0.2, 0.25) is 5.88 Å². The van der Waals surface area contributed by atoms with Gasteiger partial charge in [0.1, 0.15) is 34.4 Å². The molecule has 0 unspecified atom stereocenters. The van der Waals surface area contributed by atoms with Crippen LogP contribution in [0.1, 0.15) is 5.56 Å². The van der Waals surface area contributed by atoms with Crippen LogP contribution in [0.5, 0.6) is 11.6 Å². The number of carbonyl (C=O) groups excluding carboxylic acids is 1. The fourth-order valence-corrected chi connectivity index (χ4v) is 2.45. The summed E-state index contributed by atoms with van der Waals surface area (Å²) in [4.78, 5) is 29.4. The molecule has 1 aromatic carbocycles. The van der Waals surface area contributed by atoms with Crippen molar-refractivity contribution >= 4 is 17.6 Å². The second-order valence-corrected chi connectivity index (χ2v) is 5.79. The summed E-state index contributed by atoms with van der Waals surface area (Å²) in [7, 11) is 0. The van der Waals surface area contributed by atoms with E-state index in [0.717, 1.165) is 6.08 Å². The van der Waals surface area contributed by atoms with Gasteiger partial charge in [-0.25, -0.2) is 4.39 Å². The molecule has 0 aliphatic carbocycles. The topological polar surface area (TPSA) is 96.5 Å². The largest absolute Gasteiger partial charge is 0.438 e. The Morgan fingerprint density at radius 3 is 2.76 bits per heavy atom. The van der Waals surface area contributed by atoms with Crippen molar-refractivity contribution in [3.8, 4) is 17.7 Å². The van der Waals surface area contributed by atoms with Crippen LogP contribution in [0.4, 0.5) is 4.39 Å². The Kier molecular flexibility index (Phi) is 5.80. The molecule has 7 nitrogen and oxygen atoms in total. The van der Waals surface area contributed by atoms with Crippen LogP contribution in [0, 0.1) is 17.1 Å². The monoisotopic (exact) mass is 390 g/mol. The van der Waals surface area contributed by atoms with Crippen LogP contribution in [0.2, 0.25) is 0 Å². The second kappa shape index (κ2) is 8.63. The fourth-order valence-electron chi connectivity index (χ4n) is 2.45. The Labute approximate surface area is 165 Å². The van der Waals surface area contributed by atoms with Crippen LogP contribution >= 0.6 is 0 Å². The van der Waals surface area contributed by atoms with E-state index in [-0.39, 0.29) is 29.3 Å². The Bertz CT molecular complexity index is 1210. The van der Waals surface area contributed by atoms with Crippen molar-refractivity contribution in [1.29, 1.82) is 5.26 Å². The van der Waals surface area contributed by atoms with Crippen LogP contribution in [-0.2, 0) is 4.79 Å².